The van der Waals surface area contributed by atoms with Gasteiger partial charge in [0.2, 0.25) is 17.7 Å². The molecule has 1 aromatic carbocycles. The Hall–Kier alpha value is -2.08. The first-order valence-electron chi connectivity index (χ1n) is 11.0. The minimum atomic E-state index is -0.549. The summed E-state index contributed by atoms with van der Waals surface area (Å²) in [4.78, 5) is 39.5. The summed E-state index contributed by atoms with van der Waals surface area (Å²) in [5.74, 6) is -0.0289. The van der Waals surface area contributed by atoms with Gasteiger partial charge in [0.15, 0.2) is 0 Å². The van der Waals surface area contributed by atoms with Gasteiger partial charge in [-0.05, 0) is 42.9 Å². The molecule has 0 aromatic heterocycles. The molecule has 1 heterocycles. The van der Waals surface area contributed by atoms with Crippen LogP contribution in [-0.2, 0) is 20.9 Å². The van der Waals surface area contributed by atoms with Gasteiger partial charge in [-0.2, -0.15) is 0 Å². The minimum absolute atomic E-state index is 0.129. The van der Waals surface area contributed by atoms with Crippen molar-refractivity contribution in [1.29, 1.82) is 0 Å². The lowest BCUT2D eigenvalue weighted by Gasteiger charge is -2.31. The van der Waals surface area contributed by atoms with Crippen LogP contribution in [0.1, 0.15) is 63.9 Å². The molecule has 2 atom stereocenters. The van der Waals surface area contributed by atoms with Crippen molar-refractivity contribution < 1.29 is 14.4 Å². The van der Waals surface area contributed by atoms with Crippen molar-refractivity contribution in [2.75, 3.05) is 6.54 Å². The number of amides is 3. The third kappa shape index (κ3) is 6.21. The lowest BCUT2D eigenvalue weighted by molar-refractivity contribution is -0.141. The molecule has 1 aromatic rings. The van der Waals surface area contributed by atoms with Gasteiger partial charge >= 0.3 is 0 Å². The van der Waals surface area contributed by atoms with Gasteiger partial charge in [-0.3, -0.25) is 14.4 Å². The van der Waals surface area contributed by atoms with E-state index in [1.54, 1.807) is 11.0 Å². The number of nitrogens with zero attached hydrogens (tertiary/aromatic N) is 1. The van der Waals surface area contributed by atoms with Crippen LogP contribution < -0.4 is 10.6 Å². The van der Waals surface area contributed by atoms with Crippen molar-refractivity contribution in [3.63, 3.8) is 0 Å². The van der Waals surface area contributed by atoms with Crippen LogP contribution in [0.5, 0.6) is 0 Å². The van der Waals surface area contributed by atoms with Gasteiger partial charge < -0.3 is 15.5 Å². The van der Waals surface area contributed by atoms with E-state index in [1.807, 2.05) is 18.2 Å². The third-order valence-electron chi connectivity index (χ3n) is 6.16. The van der Waals surface area contributed by atoms with Crippen LogP contribution >= 0.6 is 11.6 Å². The Morgan fingerprint density at radius 3 is 2.60 bits per heavy atom. The standard InChI is InChI=1S/C23H32ClN3O3/c1-16(28)26-20(14-17-7-3-2-4-8-17)23(30)27-12-6-11-21(27)22(29)25-15-18-9-5-10-19(24)13-18/h5,9-10,13,17,20-21H,2-4,6-8,11-12,14-15H2,1H3,(H,25,29)(H,26,28)/t20-,21+/m1/s1. The van der Waals surface area contributed by atoms with E-state index in [2.05, 4.69) is 10.6 Å². The summed E-state index contributed by atoms with van der Waals surface area (Å²) >= 11 is 6.01. The molecular formula is C23H32ClN3O3. The topological polar surface area (TPSA) is 78.5 Å². The van der Waals surface area contributed by atoms with Gasteiger partial charge in [0, 0.05) is 25.0 Å². The molecule has 0 spiro atoms. The Morgan fingerprint density at radius 2 is 1.90 bits per heavy atom. The average molecular weight is 434 g/mol. The molecule has 1 aliphatic carbocycles. The number of hydrogen-bond donors (Lipinski definition) is 2. The lowest BCUT2D eigenvalue weighted by Crippen LogP contribution is -2.53. The van der Waals surface area contributed by atoms with Crippen LogP contribution in [0.4, 0.5) is 0 Å². The summed E-state index contributed by atoms with van der Waals surface area (Å²) in [7, 11) is 0. The fraction of sp³-hybridized carbons (Fsp3) is 0.609. The highest BCUT2D eigenvalue weighted by molar-refractivity contribution is 6.30. The van der Waals surface area contributed by atoms with Gasteiger partial charge in [0.1, 0.15) is 12.1 Å². The molecular weight excluding hydrogens is 402 g/mol. The van der Waals surface area contributed by atoms with Crippen LogP contribution in [0.15, 0.2) is 24.3 Å². The maximum absolute atomic E-state index is 13.3. The first-order valence-corrected chi connectivity index (χ1v) is 11.4. The van der Waals surface area contributed by atoms with Crippen LogP contribution in [0, 0.1) is 5.92 Å². The van der Waals surface area contributed by atoms with Crippen molar-refractivity contribution in [1.82, 2.24) is 15.5 Å². The highest BCUT2D eigenvalue weighted by atomic mass is 35.5. The predicted molar refractivity (Wildman–Crippen MR) is 117 cm³/mol. The highest BCUT2D eigenvalue weighted by Gasteiger charge is 2.38. The molecule has 1 saturated carbocycles. The number of nitrogens with one attached hydrogen (secondary N) is 2. The number of hydrogen-bond acceptors (Lipinski definition) is 3. The smallest absolute Gasteiger partial charge is 0.245 e. The quantitative estimate of drug-likeness (QED) is 0.691. The molecule has 164 valence electrons. The summed E-state index contributed by atoms with van der Waals surface area (Å²) in [6, 6.07) is 6.32. The molecule has 0 unspecified atom stereocenters. The third-order valence-corrected chi connectivity index (χ3v) is 6.40. The summed E-state index contributed by atoms with van der Waals surface area (Å²) < 4.78 is 0. The second-order valence-corrected chi connectivity index (χ2v) is 8.97. The van der Waals surface area contributed by atoms with E-state index in [9.17, 15) is 14.4 Å². The van der Waals surface area contributed by atoms with Crippen molar-refractivity contribution in [3.8, 4) is 0 Å². The second-order valence-electron chi connectivity index (χ2n) is 8.53. The van der Waals surface area contributed by atoms with E-state index in [0.29, 0.717) is 36.9 Å². The molecule has 3 rings (SSSR count). The molecule has 2 aliphatic rings. The maximum Gasteiger partial charge on any atom is 0.245 e. The van der Waals surface area contributed by atoms with Crippen molar-refractivity contribution >= 4 is 29.3 Å². The molecule has 0 bridgehead atoms. The Bertz CT molecular complexity index is 764. The number of carbonyl (C=O) groups is 3. The van der Waals surface area contributed by atoms with Gasteiger partial charge in [0.25, 0.3) is 0 Å². The molecule has 3 amide bonds. The number of likely N-dealkylation sites (tertiary alicyclic amines) is 1. The van der Waals surface area contributed by atoms with Crippen LogP contribution in [0.2, 0.25) is 5.02 Å². The highest BCUT2D eigenvalue weighted by Crippen LogP contribution is 2.29. The Morgan fingerprint density at radius 1 is 1.13 bits per heavy atom. The minimum Gasteiger partial charge on any atom is -0.350 e. The van der Waals surface area contributed by atoms with E-state index in [4.69, 9.17) is 11.6 Å². The fourth-order valence-corrected chi connectivity index (χ4v) is 4.89. The number of carbonyl (C=O) groups excluding carboxylic acids is 3. The first-order chi connectivity index (χ1) is 14.4. The predicted octanol–water partition coefficient (Wildman–Crippen LogP) is 3.42. The summed E-state index contributed by atoms with van der Waals surface area (Å²) in [6.45, 7) is 2.37. The first kappa shape index (κ1) is 22.6. The van der Waals surface area contributed by atoms with Gasteiger partial charge in [-0.25, -0.2) is 0 Å². The largest absolute Gasteiger partial charge is 0.350 e. The summed E-state index contributed by atoms with van der Waals surface area (Å²) in [5.41, 5.74) is 0.917. The van der Waals surface area contributed by atoms with Crippen molar-refractivity contribution in [2.24, 2.45) is 5.92 Å². The monoisotopic (exact) mass is 433 g/mol. The van der Waals surface area contributed by atoms with E-state index >= 15 is 0 Å². The molecule has 2 N–H and O–H groups in total. The average Bonchev–Trinajstić information content (AvgIpc) is 3.21. The summed E-state index contributed by atoms with van der Waals surface area (Å²) in [6.07, 6.45) is 7.91. The molecule has 7 heteroatoms. The maximum atomic E-state index is 13.3. The molecule has 0 radical (unpaired) electrons. The summed E-state index contributed by atoms with van der Waals surface area (Å²) in [5, 5.41) is 6.41. The van der Waals surface area contributed by atoms with Gasteiger partial charge in [-0.1, -0.05) is 55.8 Å². The molecule has 2 fully saturated rings. The Balaban J connectivity index is 1.62. The van der Waals surface area contributed by atoms with Gasteiger partial charge in [0.05, 0.1) is 0 Å². The molecule has 1 saturated heterocycles. The van der Waals surface area contributed by atoms with E-state index in [1.165, 1.54) is 26.2 Å². The zero-order chi connectivity index (χ0) is 21.5. The lowest BCUT2D eigenvalue weighted by atomic mass is 9.84. The van der Waals surface area contributed by atoms with E-state index in [-0.39, 0.29) is 17.7 Å². The normalized spacial score (nSPS) is 20.6. The second kappa shape index (κ2) is 10.8. The molecule has 1 aliphatic heterocycles. The zero-order valence-electron chi connectivity index (χ0n) is 17.7. The van der Waals surface area contributed by atoms with Crippen LogP contribution in [0.25, 0.3) is 0 Å². The van der Waals surface area contributed by atoms with Crippen LogP contribution in [-0.4, -0.2) is 41.2 Å². The zero-order valence-corrected chi connectivity index (χ0v) is 18.4. The van der Waals surface area contributed by atoms with Crippen molar-refractivity contribution in [3.05, 3.63) is 34.9 Å². The van der Waals surface area contributed by atoms with E-state index in [0.717, 1.165) is 24.8 Å². The Kier molecular flexibility index (Phi) is 8.14. The van der Waals surface area contributed by atoms with Gasteiger partial charge in [-0.15, -0.1) is 0 Å². The molecule has 6 nitrogen and oxygen atoms in total. The Labute approximate surface area is 183 Å². The fourth-order valence-electron chi connectivity index (χ4n) is 4.68. The number of halogens is 1. The number of benzene rings is 1. The van der Waals surface area contributed by atoms with E-state index < -0.39 is 12.1 Å². The molecule has 30 heavy (non-hydrogen) atoms. The van der Waals surface area contributed by atoms with Crippen LogP contribution in [0.3, 0.4) is 0 Å². The van der Waals surface area contributed by atoms with Crippen molar-refractivity contribution in [2.45, 2.75) is 76.9 Å². The number of rotatable bonds is 7. The SMILES string of the molecule is CC(=O)N[C@H](CC1CCCCC1)C(=O)N1CCC[C@H]1C(=O)NCc1cccc(Cl)c1.